The Morgan fingerprint density at radius 2 is 1.56 bits per heavy atom. The topological polar surface area (TPSA) is 29.4 Å². The van der Waals surface area contributed by atoms with Crippen molar-refractivity contribution in [2.24, 2.45) is 4.99 Å². The molecule has 0 aliphatic carbocycles. The first-order valence-electron chi connectivity index (χ1n) is 5.24. The Balaban J connectivity index is 4.95. The summed E-state index contributed by atoms with van der Waals surface area (Å²) >= 11 is 0. The number of allylic oxidation sites excluding steroid dienone is 6. The van der Waals surface area contributed by atoms with Crippen molar-refractivity contribution in [1.29, 1.82) is 0 Å². The van der Waals surface area contributed by atoms with Gasteiger partial charge in [0.15, 0.2) is 5.78 Å². The standard InChI is InChI=1S/C14H19NO/c1-6-13(11(4)15-8-3)9-10-14(7-2)12(5)16/h6-10H,3H2,1-2,4-5H3/b10-9-,13-6-,14-7+,15-11+. The van der Waals surface area contributed by atoms with E-state index >= 15 is 0 Å². The molecular formula is C14H19NO. The molecule has 0 atom stereocenters. The lowest BCUT2D eigenvalue weighted by molar-refractivity contribution is -0.113. The zero-order valence-electron chi connectivity index (χ0n) is 10.4. The maximum absolute atomic E-state index is 11.2. The fraction of sp³-hybridized carbons (Fsp3) is 0.286. The second kappa shape index (κ2) is 7.57. The number of carbonyl (C=O) groups excluding carboxylic acids is 1. The van der Waals surface area contributed by atoms with Crippen LogP contribution in [-0.2, 0) is 4.79 Å². The van der Waals surface area contributed by atoms with Crippen molar-refractivity contribution in [3.05, 3.63) is 48.2 Å². The molecule has 0 unspecified atom stereocenters. The van der Waals surface area contributed by atoms with Crippen LogP contribution in [0.15, 0.2) is 53.2 Å². The van der Waals surface area contributed by atoms with Gasteiger partial charge in [0, 0.05) is 17.5 Å². The monoisotopic (exact) mass is 217 g/mol. The van der Waals surface area contributed by atoms with Crippen molar-refractivity contribution in [3.63, 3.8) is 0 Å². The van der Waals surface area contributed by atoms with E-state index in [0.29, 0.717) is 5.57 Å². The van der Waals surface area contributed by atoms with Gasteiger partial charge in [-0.1, -0.05) is 30.9 Å². The first kappa shape index (κ1) is 14.3. The molecule has 0 fully saturated rings. The van der Waals surface area contributed by atoms with E-state index in [1.807, 2.05) is 32.9 Å². The summed E-state index contributed by atoms with van der Waals surface area (Å²) in [6.45, 7) is 10.8. The van der Waals surface area contributed by atoms with Crippen molar-refractivity contribution >= 4 is 11.5 Å². The number of aliphatic imine (C=N–C) groups is 1. The van der Waals surface area contributed by atoms with Crippen LogP contribution in [0.4, 0.5) is 0 Å². The highest BCUT2D eigenvalue weighted by molar-refractivity contribution is 6.02. The van der Waals surface area contributed by atoms with Crippen molar-refractivity contribution in [3.8, 4) is 0 Å². The predicted molar refractivity (Wildman–Crippen MR) is 70.6 cm³/mol. The summed E-state index contributed by atoms with van der Waals surface area (Å²) in [4.78, 5) is 15.3. The molecule has 2 heteroatoms. The first-order chi connectivity index (χ1) is 7.56. The summed E-state index contributed by atoms with van der Waals surface area (Å²) < 4.78 is 0. The molecule has 0 saturated heterocycles. The zero-order chi connectivity index (χ0) is 12.6. The molecule has 0 N–H and O–H groups in total. The van der Waals surface area contributed by atoms with Gasteiger partial charge in [-0.05, 0) is 33.3 Å². The van der Waals surface area contributed by atoms with Gasteiger partial charge in [0.1, 0.15) is 0 Å². The van der Waals surface area contributed by atoms with Gasteiger partial charge in [0.25, 0.3) is 0 Å². The summed E-state index contributed by atoms with van der Waals surface area (Å²) in [7, 11) is 0. The van der Waals surface area contributed by atoms with E-state index in [4.69, 9.17) is 0 Å². The highest BCUT2D eigenvalue weighted by Gasteiger charge is 1.99. The lowest BCUT2D eigenvalue weighted by Crippen LogP contribution is -1.96. The number of Topliss-reactive ketones (excluding diaryl/α,β-unsaturated/α-hetero) is 1. The third-order valence-corrected chi connectivity index (χ3v) is 2.17. The molecular weight excluding hydrogens is 198 g/mol. The molecule has 0 bridgehead atoms. The van der Waals surface area contributed by atoms with Crippen molar-refractivity contribution in [1.82, 2.24) is 0 Å². The maximum Gasteiger partial charge on any atom is 0.159 e. The first-order valence-corrected chi connectivity index (χ1v) is 5.24. The van der Waals surface area contributed by atoms with Gasteiger partial charge >= 0.3 is 0 Å². The SMILES string of the molecule is C=C/N=C(C)/C(/C=C\C(=C/C)C(C)=O)=C\C. The molecule has 0 rings (SSSR count). The molecule has 86 valence electrons. The van der Waals surface area contributed by atoms with Crippen LogP contribution in [0.3, 0.4) is 0 Å². The summed E-state index contributed by atoms with van der Waals surface area (Å²) in [6.07, 6.45) is 8.95. The van der Waals surface area contributed by atoms with E-state index in [-0.39, 0.29) is 5.78 Å². The van der Waals surface area contributed by atoms with Crippen molar-refractivity contribution < 1.29 is 4.79 Å². The third-order valence-electron chi connectivity index (χ3n) is 2.17. The van der Waals surface area contributed by atoms with Crippen LogP contribution in [0.5, 0.6) is 0 Å². The minimum Gasteiger partial charge on any atom is -0.295 e. The second-order valence-corrected chi connectivity index (χ2v) is 3.27. The molecule has 0 aromatic rings. The smallest absolute Gasteiger partial charge is 0.159 e. The van der Waals surface area contributed by atoms with Crippen molar-refractivity contribution in [2.45, 2.75) is 27.7 Å². The normalized spacial score (nSPS) is 14.4. The van der Waals surface area contributed by atoms with E-state index in [0.717, 1.165) is 11.3 Å². The summed E-state index contributed by atoms with van der Waals surface area (Å²) in [5, 5.41) is 0. The van der Waals surface area contributed by atoms with Crippen molar-refractivity contribution in [2.75, 3.05) is 0 Å². The summed E-state index contributed by atoms with van der Waals surface area (Å²) in [6, 6.07) is 0. The number of hydrogen-bond acceptors (Lipinski definition) is 2. The molecule has 0 aliphatic rings. The fourth-order valence-corrected chi connectivity index (χ4v) is 1.23. The van der Waals surface area contributed by atoms with Crippen LogP contribution >= 0.6 is 0 Å². The van der Waals surface area contributed by atoms with Crippen LogP contribution in [0.1, 0.15) is 27.7 Å². The minimum atomic E-state index is 0.0625. The largest absolute Gasteiger partial charge is 0.295 e. The molecule has 0 heterocycles. The molecule has 16 heavy (non-hydrogen) atoms. The molecule has 0 aliphatic heterocycles. The van der Waals surface area contributed by atoms with Gasteiger partial charge in [-0.3, -0.25) is 9.79 Å². The molecule has 0 saturated carbocycles. The predicted octanol–water partition coefficient (Wildman–Crippen LogP) is 3.63. The number of carbonyl (C=O) groups is 1. The average molecular weight is 217 g/mol. The third kappa shape index (κ3) is 4.69. The van der Waals surface area contributed by atoms with Gasteiger partial charge < -0.3 is 0 Å². The Bertz CT molecular complexity index is 382. The quantitative estimate of drug-likeness (QED) is 0.393. The van der Waals surface area contributed by atoms with Gasteiger partial charge in [-0.2, -0.15) is 0 Å². The molecule has 0 aromatic carbocycles. The molecule has 0 radical (unpaired) electrons. The van der Waals surface area contributed by atoms with Crippen LogP contribution < -0.4 is 0 Å². The van der Waals surface area contributed by atoms with E-state index in [2.05, 4.69) is 11.6 Å². The number of ketones is 1. The van der Waals surface area contributed by atoms with Gasteiger partial charge in [-0.15, -0.1) is 0 Å². The van der Waals surface area contributed by atoms with Gasteiger partial charge in [0.2, 0.25) is 0 Å². The van der Waals surface area contributed by atoms with Gasteiger partial charge in [0.05, 0.1) is 0 Å². The van der Waals surface area contributed by atoms with Crippen LogP contribution in [0, 0.1) is 0 Å². The summed E-state index contributed by atoms with van der Waals surface area (Å²) in [5.41, 5.74) is 2.57. The number of rotatable bonds is 5. The Morgan fingerprint density at radius 1 is 1.06 bits per heavy atom. The highest BCUT2D eigenvalue weighted by atomic mass is 16.1. The molecule has 2 nitrogen and oxygen atoms in total. The van der Waals surface area contributed by atoms with Gasteiger partial charge in [-0.25, -0.2) is 0 Å². The Labute approximate surface area is 97.8 Å². The average Bonchev–Trinajstić information content (AvgIpc) is 2.24. The lowest BCUT2D eigenvalue weighted by Gasteiger charge is -2.00. The maximum atomic E-state index is 11.2. The fourth-order valence-electron chi connectivity index (χ4n) is 1.23. The Morgan fingerprint density at radius 3 is 1.94 bits per heavy atom. The van der Waals surface area contributed by atoms with E-state index in [1.54, 1.807) is 19.1 Å². The van der Waals surface area contributed by atoms with Crippen LogP contribution in [-0.4, -0.2) is 11.5 Å². The van der Waals surface area contributed by atoms with E-state index < -0.39 is 0 Å². The second-order valence-electron chi connectivity index (χ2n) is 3.27. The van der Waals surface area contributed by atoms with E-state index in [1.165, 1.54) is 6.20 Å². The lowest BCUT2D eigenvalue weighted by atomic mass is 10.1. The number of nitrogens with zero attached hydrogens (tertiary/aromatic N) is 1. The number of hydrogen-bond donors (Lipinski definition) is 0. The molecule has 0 spiro atoms. The van der Waals surface area contributed by atoms with Crippen LogP contribution in [0.2, 0.25) is 0 Å². The minimum absolute atomic E-state index is 0.0625. The zero-order valence-corrected chi connectivity index (χ0v) is 10.4. The highest BCUT2D eigenvalue weighted by Crippen LogP contribution is 2.05. The molecule has 0 amide bonds. The Hall–Kier alpha value is -1.70. The summed E-state index contributed by atoms with van der Waals surface area (Å²) in [5.74, 6) is 0.0625. The Kier molecular flexibility index (Phi) is 6.77. The van der Waals surface area contributed by atoms with Crippen LogP contribution in [0.25, 0.3) is 0 Å². The molecule has 0 aromatic heterocycles. The van der Waals surface area contributed by atoms with E-state index in [9.17, 15) is 4.79 Å².